The number of para-hydroxylation sites is 1. The van der Waals surface area contributed by atoms with E-state index in [1.54, 1.807) is 59.1 Å². The Hall–Kier alpha value is -9.71. The van der Waals surface area contributed by atoms with Gasteiger partial charge in [-0.1, -0.05) is 214 Å². The predicted octanol–water partition coefficient (Wildman–Crippen LogP) is 20.2. The minimum atomic E-state index is -4.17. The van der Waals surface area contributed by atoms with Gasteiger partial charge in [-0.15, -0.1) is 22.7 Å². The molecule has 0 spiro atoms. The number of halogens is 3. The van der Waals surface area contributed by atoms with Gasteiger partial charge in [0.2, 0.25) is 0 Å². The summed E-state index contributed by atoms with van der Waals surface area (Å²) in [5.74, 6) is -1.45. The third-order valence-corrected chi connectivity index (χ3v) is 26.6. The molecule has 14 aromatic rings. The molecule has 3 nitrogen and oxygen atoms in total. The van der Waals surface area contributed by atoms with Gasteiger partial charge >= 0.3 is 0 Å². The maximum Gasteiger partial charge on any atom is 0.264 e. The van der Waals surface area contributed by atoms with Crippen molar-refractivity contribution in [2.24, 2.45) is 0 Å². The van der Waals surface area contributed by atoms with Gasteiger partial charge in [-0.05, 0) is 185 Å². The van der Waals surface area contributed by atoms with Crippen molar-refractivity contribution in [1.82, 2.24) is 0 Å². The van der Waals surface area contributed by atoms with Crippen molar-refractivity contribution in [2.45, 2.75) is 78.6 Å². The first-order chi connectivity index (χ1) is 48.3. The number of hydrogen-bond donors (Lipinski definition) is 0. The van der Waals surface area contributed by atoms with Gasteiger partial charge in [-0.2, -0.15) is 0 Å². The van der Waals surface area contributed by atoms with E-state index in [1.807, 2.05) is 42.5 Å². The zero-order valence-corrected chi connectivity index (χ0v) is 57.5. The molecule has 0 amide bonds. The molecule has 2 aromatic heterocycles. The van der Waals surface area contributed by atoms with E-state index in [-0.39, 0.29) is 33.9 Å². The van der Waals surface area contributed by atoms with E-state index in [2.05, 4.69) is 217 Å². The summed E-state index contributed by atoms with van der Waals surface area (Å²) in [5, 5.41) is 5.76. The summed E-state index contributed by atoms with van der Waals surface area (Å²) in [4.78, 5) is 6.97. The lowest BCUT2D eigenvalue weighted by Crippen LogP contribution is -2.75. The van der Waals surface area contributed by atoms with Crippen LogP contribution >= 0.6 is 22.7 Å². The molecule has 2 aliphatic heterocycles. The number of hydrogen-bond acceptors (Lipinski definition) is 5. The molecule has 0 fully saturated rings. The van der Waals surface area contributed by atoms with Crippen molar-refractivity contribution < 1.29 is 20.0 Å². The van der Waals surface area contributed by atoms with Crippen molar-refractivity contribution in [3.05, 3.63) is 301 Å². The number of rotatable bonds is 10. The van der Waals surface area contributed by atoms with Gasteiger partial charge in [0, 0.05) is 70.0 Å². The lowest BCUT2D eigenvalue weighted by atomic mass is 9.36. The topological polar surface area (TPSA) is 9.72 Å². The van der Waals surface area contributed by atoms with Crippen LogP contribution in [0.25, 0.3) is 41.4 Å². The highest BCUT2D eigenvalue weighted by Gasteiger charge is 2.50. The molecule has 4 heterocycles. The minimum absolute atomic E-state index is 0.0715. The number of benzene rings is 12. The average Bonchev–Trinajstić information content (AvgIpc) is 1.67. The van der Waals surface area contributed by atoms with Gasteiger partial charge in [-0.25, -0.2) is 13.2 Å². The van der Waals surface area contributed by atoms with Crippen molar-refractivity contribution in [2.75, 3.05) is 14.7 Å². The van der Waals surface area contributed by atoms with Crippen LogP contribution in [0.2, 0.25) is 0 Å². The van der Waals surface area contributed by atoms with E-state index in [4.69, 9.17) is 4.11 Å². The van der Waals surface area contributed by atoms with Gasteiger partial charge in [-0.3, -0.25) is 0 Å². The summed E-state index contributed by atoms with van der Waals surface area (Å²) in [6.45, 7) is 19.5. The van der Waals surface area contributed by atoms with Crippen LogP contribution < -0.4 is 51.1 Å². The van der Waals surface area contributed by atoms with Crippen LogP contribution in [0.1, 0.15) is 85.9 Å². The third-order valence-electron chi connectivity index (χ3n) is 19.5. The summed E-state index contributed by atoms with van der Waals surface area (Å²) in [5.41, 5.74) is 12.7. The maximum absolute atomic E-state index is 16.8. The number of nitrogens with zero attached hydrogens (tertiary/aromatic N) is 3. The fourth-order valence-electron chi connectivity index (χ4n) is 14.8. The first-order valence-electron chi connectivity index (χ1n) is 35.1. The van der Waals surface area contributed by atoms with E-state index >= 15 is 13.2 Å². The highest BCUT2D eigenvalue weighted by molar-refractivity contribution is 7.34. The summed E-state index contributed by atoms with van der Waals surface area (Å²) in [6.07, 6.45) is 0. The monoisotopic (exact) mass is 1310 g/mol. The Morgan fingerprint density at radius 3 is 1.59 bits per heavy atom. The first-order valence-corrected chi connectivity index (χ1v) is 36.3. The van der Waals surface area contributed by atoms with Crippen molar-refractivity contribution in [3.8, 4) is 11.1 Å². The van der Waals surface area contributed by atoms with Gasteiger partial charge in [0.15, 0.2) is 8.07 Å². The largest absolute Gasteiger partial charge is 0.310 e. The highest BCUT2D eigenvalue weighted by Crippen LogP contribution is 2.52. The zero-order valence-electron chi connectivity index (χ0n) is 59.9. The molecular formula is C86H71BF3N3S2Si. The van der Waals surface area contributed by atoms with E-state index < -0.39 is 50.4 Å². The molecule has 16 rings (SSSR count). The number of fused-ring (bicyclic) bond motifs is 9. The Morgan fingerprint density at radius 1 is 0.427 bits per heavy atom. The van der Waals surface area contributed by atoms with E-state index in [9.17, 15) is 2.74 Å². The molecule has 0 aliphatic carbocycles. The molecule has 0 N–H and O–H groups in total. The normalized spacial score (nSPS) is 13.9. The highest BCUT2D eigenvalue weighted by atomic mass is 32.1. The number of thiophene rings is 2. The van der Waals surface area contributed by atoms with E-state index in [0.717, 1.165) is 102 Å². The fraction of sp³-hybridized carbons (Fsp3) is 0.140. The summed E-state index contributed by atoms with van der Waals surface area (Å²) in [7, 11) is -4.17. The van der Waals surface area contributed by atoms with Gasteiger partial charge < -0.3 is 14.7 Å². The zero-order chi connectivity index (χ0) is 70.5. The minimum Gasteiger partial charge on any atom is -0.310 e. The molecule has 0 radical (unpaired) electrons. The van der Waals surface area contributed by atoms with E-state index in [1.165, 1.54) is 23.8 Å². The lowest BCUT2D eigenvalue weighted by molar-refractivity contribution is 0.590. The molecule has 96 heavy (non-hydrogen) atoms. The molecule has 0 unspecified atom stereocenters. The lowest BCUT2D eigenvalue weighted by Gasteiger charge is -2.45. The molecule has 10 heteroatoms. The molecule has 0 saturated carbocycles. The predicted molar refractivity (Wildman–Crippen MR) is 408 cm³/mol. The van der Waals surface area contributed by atoms with Crippen molar-refractivity contribution >= 4 is 155 Å². The summed E-state index contributed by atoms with van der Waals surface area (Å²) >= 11 is 3.50. The summed E-state index contributed by atoms with van der Waals surface area (Å²) < 4.78 is 100. The Labute approximate surface area is 577 Å². The second kappa shape index (κ2) is 23.0. The quantitative estimate of drug-likeness (QED) is 0.0998. The first kappa shape index (κ1) is 55.6. The average molecular weight is 1310 g/mol. The molecule has 0 saturated heterocycles. The molecule has 2 aliphatic rings. The van der Waals surface area contributed by atoms with Crippen LogP contribution in [0.5, 0.6) is 0 Å². The maximum atomic E-state index is 16.8. The fourth-order valence-corrected chi connectivity index (χ4v) is 22.1. The van der Waals surface area contributed by atoms with Crippen LogP contribution in [-0.4, -0.2) is 14.8 Å². The Morgan fingerprint density at radius 2 is 0.969 bits per heavy atom. The van der Waals surface area contributed by atoms with Crippen LogP contribution in [0.4, 0.5) is 64.4 Å². The van der Waals surface area contributed by atoms with Crippen LogP contribution in [0, 0.1) is 17.5 Å². The standard InChI is InChI=1S/C86H71BF3N3S2Si/c1-84(2,3)55-35-40-61(41-36-55)91(73-32-15-13-29-68(73)54-21-11-10-12-22-54)63-44-45-72-75(51-63)93(74-33-20-31-70-69-30-14-16-34-78(69)94-82(70)74)77-53-67(96(64-26-17-23-58(88)48-64,65-27-18-24-59(89)49-65)66-28-19-25-60(90)50-66)52-76-80(77)87(72)83-81(71-47-57(86(7,8)9)39-46-79(71)95-83)92(76)62-42-37-56(38-43-62)85(4,5)6/h10-53H,1-9H3/i10D,11D,12D,21D,22D. The molecule has 470 valence electrons. The SMILES string of the molecule is [2H]c1c([2H])c([2H])c(-c2ccccc2N(c2ccc(C(C)(C)C)cc2)c2ccc3c(c2)N(c2cccc4c2sc2ccccc24)c2cc([Si](c4cccc(F)c4)(c4cccc(F)c4)c4cccc(F)c4)cc4c2B3c2sc3ccc(C(C)(C)C)cc3c2N4c2ccc(C(C)(C)C)cc2)c([2H])c1[2H]. The summed E-state index contributed by atoms with van der Waals surface area (Å²) in [6, 6.07) is 75.7. The molecule has 0 atom stereocenters. The van der Waals surface area contributed by atoms with Crippen LogP contribution in [0.15, 0.2) is 267 Å². The van der Waals surface area contributed by atoms with Gasteiger partial charge in [0.05, 0.1) is 28.6 Å². The molecular weight excluding hydrogens is 1230 g/mol. The Bertz CT molecular complexity index is 5580. The third kappa shape index (κ3) is 10.1. The van der Waals surface area contributed by atoms with Crippen LogP contribution in [-0.2, 0) is 16.2 Å². The second-order valence-electron chi connectivity index (χ2n) is 28.5. The Kier molecular flexibility index (Phi) is 13.3. The van der Waals surface area contributed by atoms with Crippen molar-refractivity contribution in [1.29, 1.82) is 0 Å². The Balaban J connectivity index is 1.10. The van der Waals surface area contributed by atoms with Crippen molar-refractivity contribution in [3.63, 3.8) is 0 Å². The molecule has 12 aromatic carbocycles. The second-order valence-corrected chi connectivity index (χ2v) is 34.5. The molecule has 0 bridgehead atoms. The van der Waals surface area contributed by atoms with Gasteiger partial charge in [0.25, 0.3) is 6.71 Å². The van der Waals surface area contributed by atoms with Gasteiger partial charge in [0.1, 0.15) is 17.5 Å². The van der Waals surface area contributed by atoms with Crippen LogP contribution in [0.3, 0.4) is 0 Å². The van der Waals surface area contributed by atoms with E-state index in [0.29, 0.717) is 32.5 Å². The smallest absolute Gasteiger partial charge is 0.264 e. The number of anilines is 9.